The van der Waals surface area contributed by atoms with E-state index in [9.17, 15) is 9.32 Å². The zero-order valence-electron chi connectivity index (χ0n) is 11.3. The lowest BCUT2D eigenvalue weighted by Crippen LogP contribution is -2.40. The summed E-state index contributed by atoms with van der Waals surface area (Å²) in [6.45, 7) is 1.92. The van der Waals surface area contributed by atoms with E-state index in [0.29, 0.717) is 18.7 Å². The minimum absolute atomic E-state index is 0.145. The van der Waals surface area contributed by atoms with Gasteiger partial charge in [-0.2, -0.15) is 0 Å². The van der Waals surface area contributed by atoms with Crippen molar-refractivity contribution in [2.24, 2.45) is 0 Å². The molecule has 0 radical (unpaired) electrons. The van der Waals surface area contributed by atoms with Gasteiger partial charge in [0.2, 0.25) is 5.88 Å². The molecule has 2 aliphatic heterocycles. The highest BCUT2D eigenvalue weighted by Gasteiger charge is 2.48. The molecule has 2 unspecified atom stereocenters. The van der Waals surface area contributed by atoms with E-state index < -0.39 is 16.4 Å². The van der Waals surface area contributed by atoms with Gasteiger partial charge in [-0.3, -0.25) is 4.21 Å². The molecule has 1 aromatic rings. The Morgan fingerprint density at radius 2 is 2.05 bits per heavy atom. The summed E-state index contributed by atoms with van der Waals surface area (Å²) in [5.41, 5.74) is 0.885. The van der Waals surface area contributed by atoms with Crippen LogP contribution in [0.2, 0.25) is 0 Å². The number of aliphatic hydroxyl groups is 1. The van der Waals surface area contributed by atoms with Gasteiger partial charge in [-0.1, -0.05) is 0 Å². The molecule has 0 aliphatic carbocycles. The summed E-state index contributed by atoms with van der Waals surface area (Å²) in [6, 6.07) is 1.94. The maximum Gasteiger partial charge on any atom is 0.215 e. The van der Waals surface area contributed by atoms with Gasteiger partial charge in [-0.05, 0) is 38.7 Å². The van der Waals surface area contributed by atoms with E-state index in [4.69, 9.17) is 4.74 Å². The topological polar surface area (TPSA) is 59.4 Å². The third-order valence-corrected chi connectivity index (χ3v) is 6.48. The van der Waals surface area contributed by atoms with Crippen LogP contribution >= 0.6 is 0 Å². The van der Waals surface area contributed by atoms with Gasteiger partial charge < -0.3 is 9.84 Å². The molecule has 2 fully saturated rings. The second-order valence-corrected chi connectivity index (χ2v) is 7.63. The first-order valence-corrected chi connectivity index (χ1v) is 7.94. The number of hydrogen-bond acceptors (Lipinski definition) is 4. The van der Waals surface area contributed by atoms with E-state index in [0.717, 1.165) is 24.0 Å². The quantitative estimate of drug-likeness (QED) is 0.895. The normalized spacial score (nSPS) is 37.3. The lowest BCUT2D eigenvalue weighted by Gasteiger charge is -2.36. The Morgan fingerprint density at radius 3 is 2.58 bits per heavy atom. The first kappa shape index (κ1) is 13.1. The number of rotatable bonds is 2. The van der Waals surface area contributed by atoms with Crippen LogP contribution in [0.5, 0.6) is 5.88 Å². The summed E-state index contributed by atoms with van der Waals surface area (Å²) in [5.74, 6) is 0.592. The van der Waals surface area contributed by atoms with Crippen molar-refractivity contribution in [3.8, 4) is 5.88 Å². The fraction of sp³-hybridized carbons (Fsp3) is 0.643. The third kappa shape index (κ3) is 2.09. The number of aryl methyl sites for hydroxylation is 1. The molecule has 1 N–H and O–H groups in total. The largest absolute Gasteiger partial charge is 0.481 e. The molecule has 3 heterocycles. The predicted molar refractivity (Wildman–Crippen MR) is 73.6 cm³/mol. The summed E-state index contributed by atoms with van der Waals surface area (Å²) in [7, 11) is 0.836. The first-order valence-electron chi connectivity index (χ1n) is 6.66. The molecular formula is C14H19NO3S. The van der Waals surface area contributed by atoms with Crippen molar-refractivity contribution in [1.82, 2.24) is 4.98 Å². The lowest BCUT2D eigenvalue weighted by molar-refractivity contribution is 0.0180. The van der Waals surface area contributed by atoms with Crippen LogP contribution in [-0.4, -0.2) is 31.9 Å². The Balaban J connectivity index is 1.93. The Bertz CT molecular complexity index is 515. The van der Waals surface area contributed by atoms with E-state index in [-0.39, 0.29) is 10.5 Å². The standard InChI is InChI=1S/C14H19NO3S/c1-9-5-10(8-15-13(9)18-2)14(16)6-11-3-4-12(7-14)19(11)17/h5,8,11-12,16H,3-4,6-7H2,1-2H3. The molecule has 0 amide bonds. The van der Waals surface area contributed by atoms with Gasteiger partial charge in [0.05, 0.1) is 12.7 Å². The average molecular weight is 281 g/mol. The zero-order chi connectivity index (χ0) is 13.6. The number of hydrogen-bond donors (Lipinski definition) is 1. The summed E-state index contributed by atoms with van der Waals surface area (Å²) in [5, 5.41) is 11.2. The Morgan fingerprint density at radius 1 is 1.42 bits per heavy atom. The number of ether oxygens (including phenoxy) is 1. The van der Waals surface area contributed by atoms with Gasteiger partial charge in [0.25, 0.3) is 0 Å². The summed E-state index contributed by atoms with van der Waals surface area (Å²) in [6.07, 6.45) is 4.82. The number of aromatic nitrogens is 1. The Hall–Kier alpha value is -0.940. The highest BCUT2D eigenvalue weighted by molar-refractivity contribution is 7.86. The number of pyridine rings is 1. The van der Waals surface area contributed by atoms with Crippen molar-refractivity contribution in [2.45, 2.75) is 48.7 Å². The SMILES string of the molecule is COc1ncc(C2(O)CC3CCC(C2)S3=O)cc1C. The van der Waals surface area contributed by atoms with E-state index in [2.05, 4.69) is 4.98 Å². The molecule has 3 rings (SSSR count). The van der Waals surface area contributed by atoms with Crippen LogP contribution in [0.15, 0.2) is 12.3 Å². The molecule has 4 nitrogen and oxygen atoms in total. The molecule has 5 heteroatoms. The van der Waals surface area contributed by atoms with E-state index in [1.807, 2.05) is 13.0 Å². The lowest BCUT2D eigenvalue weighted by atomic mass is 9.86. The van der Waals surface area contributed by atoms with Gasteiger partial charge in [0.15, 0.2) is 0 Å². The first-order chi connectivity index (χ1) is 9.03. The van der Waals surface area contributed by atoms with Crippen molar-refractivity contribution in [2.75, 3.05) is 7.11 Å². The van der Waals surface area contributed by atoms with E-state index >= 15 is 0 Å². The van der Waals surface area contributed by atoms with E-state index in [1.54, 1.807) is 13.3 Å². The van der Waals surface area contributed by atoms with Gasteiger partial charge in [-0.15, -0.1) is 0 Å². The van der Waals surface area contributed by atoms with Crippen LogP contribution < -0.4 is 4.74 Å². The second kappa shape index (κ2) is 4.56. The van der Waals surface area contributed by atoms with E-state index in [1.165, 1.54) is 0 Å². The molecule has 0 saturated carbocycles. The average Bonchev–Trinajstić information content (AvgIpc) is 2.63. The zero-order valence-corrected chi connectivity index (χ0v) is 12.1. The maximum absolute atomic E-state index is 12.0. The Labute approximate surface area is 115 Å². The minimum atomic E-state index is -0.871. The molecule has 104 valence electrons. The van der Waals surface area contributed by atoms with Gasteiger partial charge in [0, 0.05) is 38.6 Å². The fourth-order valence-electron chi connectivity index (χ4n) is 3.35. The molecule has 19 heavy (non-hydrogen) atoms. The van der Waals surface area contributed by atoms with Gasteiger partial charge >= 0.3 is 0 Å². The molecule has 2 saturated heterocycles. The molecular weight excluding hydrogens is 262 g/mol. The maximum atomic E-state index is 12.0. The molecule has 2 aliphatic rings. The second-order valence-electron chi connectivity index (χ2n) is 5.64. The van der Waals surface area contributed by atoms with Crippen molar-refractivity contribution < 1.29 is 14.1 Å². The Kier molecular flexibility index (Phi) is 3.14. The third-order valence-electron chi connectivity index (χ3n) is 4.36. The number of nitrogens with zero attached hydrogens (tertiary/aromatic N) is 1. The van der Waals surface area contributed by atoms with Crippen molar-refractivity contribution in [1.29, 1.82) is 0 Å². The summed E-state index contributed by atoms with van der Waals surface area (Å²) < 4.78 is 17.2. The van der Waals surface area contributed by atoms with Crippen LogP contribution in [0.3, 0.4) is 0 Å². The highest BCUT2D eigenvalue weighted by atomic mass is 32.2. The van der Waals surface area contributed by atoms with Crippen LogP contribution in [0.1, 0.15) is 36.8 Å². The molecule has 0 aromatic carbocycles. The van der Waals surface area contributed by atoms with Crippen LogP contribution in [0.25, 0.3) is 0 Å². The number of fused-ring (bicyclic) bond motifs is 2. The summed E-state index contributed by atoms with van der Waals surface area (Å²) >= 11 is 0. The van der Waals surface area contributed by atoms with Crippen LogP contribution in [0, 0.1) is 6.92 Å². The minimum Gasteiger partial charge on any atom is -0.481 e. The van der Waals surface area contributed by atoms with Gasteiger partial charge in [0.1, 0.15) is 0 Å². The van der Waals surface area contributed by atoms with Gasteiger partial charge in [-0.25, -0.2) is 4.98 Å². The smallest absolute Gasteiger partial charge is 0.215 e. The monoisotopic (exact) mass is 281 g/mol. The molecule has 2 atom stereocenters. The van der Waals surface area contributed by atoms with Crippen molar-refractivity contribution in [3.05, 3.63) is 23.4 Å². The van der Waals surface area contributed by atoms with Crippen LogP contribution in [0.4, 0.5) is 0 Å². The van der Waals surface area contributed by atoms with Crippen molar-refractivity contribution in [3.63, 3.8) is 0 Å². The molecule has 1 aromatic heterocycles. The molecule has 2 bridgehead atoms. The summed E-state index contributed by atoms with van der Waals surface area (Å²) in [4.78, 5) is 4.25. The fourth-order valence-corrected chi connectivity index (χ4v) is 5.51. The number of methoxy groups -OCH3 is 1. The molecule has 0 spiro atoms. The highest BCUT2D eigenvalue weighted by Crippen LogP contribution is 2.46. The van der Waals surface area contributed by atoms with Crippen LogP contribution in [-0.2, 0) is 16.4 Å². The van der Waals surface area contributed by atoms with Crippen molar-refractivity contribution >= 4 is 10.8 Å². The predicted octanol–water partition coefficient (Wildman–Crippen LogP) is 1.66.